The Hall–Kier alpha value is -3.10. The SMILES string of the molecule is O=C(CCc1nc(-c2ccncc2)no1)NCCCN1CCN(Cc2ccccc2)CC1. The van der Waals surface area contributed by atoms with Gasteiger partial charge in [-0.15, -0.1) is 0 Å². The molecule has 0 atom stereocenters. The number of rotatable bonds is 10. The lowest BCUT2D eigenvalue weighted by Crippen LogP contribution is -2.46. The number of nitrogens with zero attached hydrogens (tertiary/aromatic N) is 5. The van der Waals surface area contributed by atoms with Crippen LogP contribution in [0.5, 0.6) is 0 Å². The second-order valence-electron chi connectivity index (χ2n) is 8.05. The van der Waals surface area contributed by atoms with E-state index >= 15 is 0 Å². The molecule has 1 aromatic carbocycles. The fourth-order valence-electron chi connectivity index (χ4n) is 3.83. The number of carbonyl (C=O) groups is 1. The topological polar surface area (TPSA) is 87.4 Å². The lowest BCUT2D eigenvalue weighted by molar-refractivity contribution is -0.121. The van der Waals surface area contributed by atoms with Crippen LogP contribution in [-0.2, 0) is 17.8 Å². The molecule has 32 heavy (non-hydrogen) atoms. The van der Waals surface area contributed by atoms with Crippen molar-refractivity contribution in [2.24, 2.45) is 0 Å². The van der Waals surface area contributed by atoms with Crippen molar-refractivity contribution in [1.29, 1.82) is 0 Å². The molecule has 3 heterocycles. The molecule has 0 radical (unpaired) electrons. The molecule has 1 fully saturated rings. The van der Waals surface area contributed by atoms with Crippen LogP contribution in [0.1, 0.15) is 24.3 Å². The van der Waals surface area contributed by atoms with Crippen molar-refractivity contribution in [3.05, 3.63) is 66.3 Å². The first-order valence-corrected chi connectivity index (χ1v) is 11.2. The Kier molecular flexibility index (Phi) is 7.94. The highest BCUT2D eigenvalue weighted by Gasteiger charge is 2.16. The molecule has 168 valence electrons. The highest BCUT2D eigenvalue weighted by Crippen LogP contribution is 2.14. The minimum atomic E-state index is 0.0151. The van der Waals surface area contributed by atoms with Gasteiger partial charge in [-0.25, -0.2) is 0 Å². The van der Waals surface area contributed by atoms with Crippen molar-refractivity contribution < 1.29 is 9.32 Å². The van der Waals surface area contributed by atoms with E-state index in [1.165, 1.54) is 5.56 Å². The molecule has 0 aliphatic carbocycles. The quantitative estimate of drug-likeness (QED) is 0.490. The molecule has 1 N–H and O–H groups in total. The van der Waals surface area contributed by atoms with Crippen LogP contribution in [0.3, 0.4) is 0 Å². The Bertz CT molecular complexity index is 955. The zero-order valence-electron chi connectivity index (χ0n) is 18.3. The van der Waals surface area contributed by atoms with Crippen LogP contribution in [0.4, 0.5) is 0 Å². The molecule has 3 aromatic rings. The second-order valence-corrected chi connectivity index (χ2v) is 8.05. The number of amides is 1. The number of benzene rings is 1. The van der Waals surface area contributed by atoms with E-state index in [0.29, 0.717) is 31.1 Å². The zero-order valence-corrected chi connectivity index (χ0v) is 18.3. The van der Waals surface area contributed by atoms with E-state index in [0.717, 1.165) is 51.3 Å². The van der Waals surface area contributed by atoms with Gasteiger partial charge < -0.3 is 14.7 Å². The predicted molar refractivity (Wildman–Crippen MR) is 122 cm³/mol. The fourth-order valence-corrected chi connectivity index (χ4v) is 3.83. The van der Waals surface area contributed by atoms with Gasteiger partial charge in [-0.3, -0.25) is 14.7 Å². The van der Waals surface area contributed by atoms with E-state index < -0.39 is 0 Å². The summed E-state index contributed by atoms with van der Waals surface area (Å²) in [6.07, 6.45) is 5.10. The van der Waals surface area contributed by atoms with Crippen LogP contribution >= 0.6 is 0 Å². The first-order chi connectivity index (χ1) is 15.8. The van der Waals surface area contributed by atoms with Crippen LogP contribution in [0, 0.1) is 0 Å². The Labute approximate surface area is 188 Å². The van der Waals surface area contributed by atoms with Crippen molar-refractivity contribution in [2.75, 3.05) is 39.3 Å². The molecule has 8 heteroatoms. The van der Waals surface area contributed by atoms with Crippen molar-refractivity contribution in [3.8, 4) is 11.4 Å². The van der Waals surface area contributed by atoms with Crippen molar-refractivity contribution in [1.82, 2.24) is 30.2 Å². The van der Waals surface area contributed by atoms with E-state index in [1.807, 2.05) is 12.1 Å². The Balaban J connectivity index is 1.07. The maximum Gasteiger partial charge on any atom is 0.227 e. The van der Waals surface area contributed by atoms with Crippen LogP contribution in [-0.4, -0.2) is 70.1 Å². The lowest BCUT2D eigenvalue weighted by atomic mass is 10.2. The van der Waals surface area contributed by atoms with Gasteiger partial charge in [0.2, 0.25) is 17.6 Å². The van der Waals surface area contributed by atoms with E-state index in [1.54, 1.807) is 12.4 Å². The predicted octanol–water partition coefficient (Wildman–Crippen LogP) is 2.39. The van der Waals surface area contributed by atoms with Crippen LogP contribution in [0.15, 0.2) is 59.4 Å². The first kappa shape index (κ1) is 22.1. The van der Waals surface area contributed by atoms with Gasteiger partial charge >= 0.3 is 0 Å². The van der Waals surface area contributed by atoms with E-state index in [9.17, 15) is 4.79 Å². The molecule has 1 aliphatic heterocycles. The Morgan fingerprint density at radius 1 is 1.00 bits per heavy atom. The molecular weight excluding hydrogens is 404 g/mol. The molecule has 1 saturated heterocycles. The van der Waals surface area contributed by atoms with Gasteiger partial charge in [0.05, 0.1) is 0 Å². The fraction of sp³-hybridized carbons (Fsp3) is 0.417. The number of carbonyl (C=O) groups excluding carboxylic acids is 1. The molecular formula is C24H30N6O2. The van der Waals surface area contributed by atoms with Gasteiger partial charge in [-0.1, -0.05) is 35.5 Å². The third kappa shape index (κ3) is 6.70. The van der Waals surface area contributed by atoms with Crippen LogP contribution < -0.4 is 5.32 Å². The molecule has 8 nitrogen and oxygen atoms in total. The number of nitrogens with one attached hydrogen (secondary N) is 1. The zero-order chi connectivity index (χ0) is 22.0. The Morgan fingerprint density at radius 3 is 2.53 bits per heavy atom. The maximum atomic E-state index is 12.1. The summed E-state index contributed by atoms with van der Waals surface area (Å²) in [6.45, 7) is 7.07. The summed E-state index contributed by atoms with van der Waals surface area (Å²) in [5.41, 5.74) is 2.22. The average Bonchev–Trinajstić information content (AvgIpc) is 3.32. The van der Waals surface area contributed by atoms with Crippen LogP contribution in [0.2, 0.25) is 0 Å². The molecule has 1 amide bonds. The van der Waals surface area contributed by atoms with Gasteiger partial charge in [-0.2, -0.15) is 4.98 Å². The highest BCUT2D eigenvalue weighted by atomic mass is 16.5. The maximum absolute atomic E-state index is 12.1. The van der Waals surface area contributed by atoms with Crippen molar-refractivity contribution >= 4 is 5.91 Å². The van der Waals surface area contributed by atoms with E-state index in [-0.39, 0.29) is 5.91 Å². The first-order valence-electron chi connectivity index (χ1n) is 11.2. The van der Waals surface area contributed by atoms with Crippen molar-refractivity contribution in [2.45, 2.75) is 25.8 Å². The van der Waals surface area contributed by atoms with Gasteiger partial charge in [0.25, 0.3) is 0 Å². The summed E-state index contributed by atoms with van der Waals surface area (Å²) >= 11 is 0. The standard InChI is InChI=1S/C24H30N6O2/c31-22(7-8-23-27-24(28-32-23)21-9-12-25-13-10-21)26-11-4-14-29-15-17-30(18-16-29)19-20-5-2-1-3-6-20/h1-3,5-6,9-10,12-13H,4,7-8,11,14-19H2,(H,26,31). The van der Waals surface area contributed by atoms with Gasteiger partial charge in [-0.05, 0) is 30.7 Å². The summed E-state index contributed by atoms with van der Waals surface area (Å²) in [5.74, 6) is 1.01. The molecule has 4 rings (SSSR count). The summed E-state index contributed by atoms with van der Waals surface area (Å²) in [5, 5.41) is 6.96. The number of pyridine rings is 1. The third-order valence-corrected chi connectivity index (χ3v) is 5.66. The lowest BCUT2D eigenvalue weighted by Gasteiger charge is -2.34. The number of piperazine rings is 1. The third-order valence-electron chi connectivity index (χ3n) is 5.66. The molecule has 2 aromatic heterocycles. The number of aromatic nitrogens is 3. The summed E-state index contributed by atoms with van der Waals surface area (Å²) in [6, 6.07) is 14.3. The monoisotopic (exact) mass is 434 g/mol. The average molecular weight is 435 g/mol. The Morgan fingerprint density at radius 2 is 1.75 bits per heavy atom. The minimum absolute atomic E-state index is 0.0151. The summed E-state index contributed by atoms with van der Waals surface area (Å²) in [7, 11) is 0. The number of hydrogen-bond acceptors (Lipinski definition) is 7. The molecule has 1 aliphatic rings. The van der Waals surface area contributed by atoms with E-state index in [2.05, 4.69) is 60.6 Å². The van der Waals surface area contributed by atoms with Crippen molar-refractivity contribution in [3.63, 3.8) is 0 Å². The summed E-state index contributed by atoms with van der Waals surface area (Å²) < 4.78 is 5.25. The van der Waals surface area contributed by atoms with Gasteiger partial charge in [0.1, 0.15) is 0 Å². The normalized spacial score (nSPS) is 15.0. The van der Waals surface area contributed by atoms with Crippen LogP contribution in [0.25, 0.3) is 11.4 Å². The minimum Gasteiger partial charge on any atom is -0.356 e. The smallest absolute Gasteiger partial charge is 0.227 e. The van der Waals surface area contributed by atoms with Gasteiger partial charge in [0, 0.05) is 70.1 Å². The highest BCUT2D eigenvalue weighted by molar-refractivity contribution is 5.75. The molecule has 0 saturated carbocycles. The van der Waals surface area contributed by atoms with E-state index in [4.69, 9.17) is 4.52 Å². The molecule has 0 unspecified atom stereocenters. The van der Waals surface area contributed by atoms with Gasteiger partial charge in [0.15, 0.2) is 0 Å². The molecule has 0 bridgehead atoms. The summed E-state index contributed by atoms with van der Waals surface area (Å²) in [4.78, 5) is 25.4. The number of aryl methyl sites for hydroxylation is 1. The largest absolute Gasteiger partial charge is 0.356 e. The second kappa shape index (κ2) is 11.5. The molecule has 0 spiro atoms. The number of hydrogen-bond donors (Lipinski definition) is 1.